The Morgan fingerprint density at radius 2 is 1.90 bits per heavy atom. The van der Waals surface area contributed by atoms with Crippen LogP contribution in [0.4, 0.5) is 0 Å². The number of rotatable bonds is 7. The largest absolute Gasteiger partial charge is 0.480 e. The van der Waals surface area contributed by atoms with Crippen molar-refractivity contribution in [3.05, 3.63) is 48.0 Å². The highest BCUT2D eigenvalue weighted by molar-refractivity contribution is 5.85. The van der Waals surface area contributed by atoms with Crippen molar-refractivity contribution in [3.63, 3.8) is 0 Å². The number of ether oxygens (including phenoxy) is 1. The maximum absolute atomic E-state index is 11.3. The maximum Gasteiger partial charge on any atom is 0.325 e. The first-order valence-corrected chi connectivity index (χ1v) is 6.66. The molecule has 0 heterocycles. The number of methoxy groups -OCH3 is 1. The number of benzene rings is 2. The lowest BCUT2D eigenvalue weighted by Gasteiger charge is -2.26. The molecule has 0 radical (unpaired) electrons. The van der Waals surface area contributed by atoms with Gasteiger partial charge in [0.2, 0.25) is 0 Å². The third-order valence-corrected chi connectivity index (χ3v) is 3.40. The minimum atomic E-state index is -0.973. The van der Waals surface area contributed by atoms with Crippen LogP contribution in [0, 0.1) is 0 Å². The fourth-order valence-corrected chi connectivity index (χ4v) is 2.34. The summed E-state index contributed by atoms with van der Waals surface area (Å²) in [5, 5.41) is 12.9. The molecule has 5 nitrogen and oxygen atoms in total. The van der Waals surface area contributed by atoms with Crippen molar-refractivity contribution in [1.82, 2.24) is 5.06 Å². The van der Waals surface area contributed by atoms with E-state index in [-0.39, 0.29) is 6.61 Å². The lowest BCUT2D eigenvalue weighted by molar-refractivity contribution is -0.195. The molecule has 1 N–H and O–H groups in total. The Labute approximate surface area is 123 Å². The van der Waals surface area contributed by atoms with E-state index in [0.717, 1.165) is 16.3 Å². The van der Waals surface area contributed by atoms with Crippen LogP contribution in [0.5, 0.6) is 0 Å². The number of hydrogen-bond acceptors (Lipinski definition) is 4. The molecular formula is C16H19NO4. The van der Waals surface area contributed by atoms with Gasteiger partial charge in [-0.15, -0.1) is 0 Å². The summed E-state index contributed by atoms with van der Waals surface area (Å²) < 4.78 is 4.97. The van der Waals surface area contributed by atoms with Gasteiger partial charge < -0.3 is 14.7 Å². The van der Waals surface area contributed by atoms with E-state index in [1.807, 2.05) is 42.5 Å². The van der Waals surface area contributed by atoms with Crippen molar-refractivity contribution in [2.24, 2.45) is 0 Å². The van der Waals surface area contributed by atoms with Crippen LogP contribution in [0.1, 0.15) is 5.56 Å². The number of carboxylic acids is 1. The fraction of sp³-hybridized carbons (Fsp3) is 0.312. The molecule has 0 aliphatic carbocycles. The van der Waals surface area contributed by atoms with Crippen LogP contribution in [0.3, 0.4) is 0 Å². The molecule has 5 heteroatoms. The molecule has 0 fully saturated rings. The Morgan fingerprint density at radius 1 is 1.19 bits per heavy atom. The highest BCUT2D eigenvalue weighted by Gasteiger charge is 2.26. The van der Waals surface area contributed by atoms with Gasteiger partial charge in [-0.05, 0) is 16.3 Å². The number of hydroxylamine groups is 2. The van der Waals surface area contributed by atoms with Crippen LogP contribution >= 0.6 is 0 Å². The summed E-state index contributed by atoms with van der Waals surface area (Å²) in [6.07, 6.45) is 0. The molecule has 0 bridgehead atoms. The van der Waals surface area contributed by atoms with E-state index in [2.05, 4.69) is 0 Å². The first-order valence-electron chi connectivity index (χ1n) is 6.66. The standard InChI is InChI=1S/C16H19NO4/c1-20-11-15(16(18)19)17(21-2)10-13-8-5-7-12-6-3-4-9-14(12)13/h3-9,15H,10-11H2,1-2H3,(H,18,19). The molecule has 0 aromatic heterocycles. The summed E-state index contributed by atoms with van der Waals surface area (Å²) in [6.45, 7) is 0.437. The van der Waals surface area contributed by atoms with Gasteiger partial charge >= 0.3 is 5.97 Å². The second-order valence-electron chi connectivity index (χ2n) is 4.71. The van der Waals surface area contributed by atoms with Crippen molar-refractivity contribution >= 4 is 16.7 Å². The zero-order chi connectivity index (χ0) is 15.2. The molecule has 0 amide bonds. The molecule has 0 spiro atoms. The van der Waals surface area contributed by atoms with Gasteiger partial charge in [-0.1, -0.05) is 42.5 Å². The Hall–Kier alpha value is -1.95. The van der Waals surface area contributed by atoms with E-state index < -0.39 is 12.0 Å². The van der Waals surface area contributed by atoms with Gasteiger partial charge in [0.25, 0.3) is 0 Å². The summed E-state index contributed by atoms with van der Waals surface area (Å²) in [6, 6.07) is 13.1. The number of aliphatic carboxylic acids is 1. The smallest absolute Gasteiger partial charge is 0.325 e. The lowest BCUT2D eigenvalue weighted by Crippen LogP contribution is -2.43. The maximum atomic E-state index is 11.3. The summed E-state index contributed by atoms with van der Waals surface area (Å²) >= 11 is 0. The van der Waals surface area contributed by atoms with E-state index in [4.69, 9.17) is 9.57 Å². The minimum absolute atomic E-state index is 0.0634. The molecule has 0 aliphatic rings. The molecule has 1 atom stereocenters. The molecule has 2 rings (SSSR count). The van der Waals surface area contributed by atoms with Crippen LogP contribution in [0.25, 0.3) is 10.8 Å². The van der Waals surface area contributed by atoms with Gasteiger partial charge in [0.05, 0.1) is 20.3 Å². The van der Waals surface area contributed by atoms with Crippen molar-refractivity contribution in [1.29, 1.82) is 0 Å². The summed E-state index contributed by atoms with van der Waals surface area (Å²) in [7, 11) is 2.94. The molecule has 21 heavy (non-hydrogen) atoms. The Morgan fingerprint density at radius 3 is 2.57 bits per heavy atom. The number of carbonyl (C=O) groups is 1. The third-order valence-electron chi connectivity index (χ3n) is 3.40. The first-order chi connectivity index (χ1) is 10.2. The van der Waals surface area contributed by atoms with Crippen LogP contribution < -0.4 is 0 Å². The Bertz CT molecular complexity index is 609. The number of fused-ring (bicyclic) bond motifs is 1. The van der Waals surface area contributed by atoms with Crippen LogP contribution in [-0.4, -0.2) is 43.0 Å². The van der Waals surface area contributed by atoms with Crippen molar-refractivity contribution in [2.75, 3.05) is 20.8 Å². The topological polar surface area (TPSA) is 59.0 Å². The molecule has 1 unspecified atom stereocenters. The molecule has 0 saturated heterocycles. The second-order valence-corrected chi connectivity index (χ2v) is 4.71. The average molecular weight is 289 g/mol. The van der Waals surface area contributed by atoms with Gasteiger partial charge in [-0.25, -0.2) is 0 Å². The van der Waals surface area contributed by atoms with Gasteiger partial charge in [0, 0.05) is 7.11 Å². The predicted octanol–water partition coefficient (Wildman–Crippen LogP) is 2.30. The van der Waals surface area contributed by atoms with E-state index in [1.54, 1.807) is 0 Å². The van der Waals surface area contributed by atoms with Gasteiger partial charge in [0.1, 0.15) is 0 Å². The molecule has 0 saturated carbocycles. The number of hydrogen-bond donors (Lipinski definition) is 1. The normalized spacial score (nSPS) is 12.7. The Kier molecular flexibility index (Phi) is 5.27. The van der Waals surface area contributed by atoms with Crippen molar-refractivity contribution < 1.29 is 19.5 Å². The molecule has 2 aromatic rings. The third kappa shape index (κ3) is 3.58. The van der Waals surface area contributed by atoms with Gasteiger partial charge in [-0.3, -0.25) is 4.79 Å². The number of nitrogens with zero attached hydrogens (tertiary/aromatic N) is 1. The highest BCUT2D eigenvalue weighted by atomic mass is 16.7. The summed E-state index contributed by atoms with van der Waals surface area (Å²) in [5.74, 6) is -0.973. The number of carboxylic acid groups (broad SMARTS) is 1. The zero-order valence-electron chi connectivity index (χ0n) is 12.2. The molecule has 112 valence electrons. The molecular weight excluding hydrogens is 270 g/mol. The average Bonchev–Trinajstić information content (AvgIpc) is 2.50. The van der Waals surface area contributed by atoms with E-state index >= 15 is 0 Å². The summed E-state index contributed by atoms with van der Waals surface area (Å²) in [4.78, 5) is 16.6. The van der Waals surface area contributed by atoms with Crippen molar-refractivity contribution in [3.8, 4) is 0 Å². The fourth-order valence-electron chi connectivity index (χ4n) is 2.34. The van der Waals surface area contributed by atoms with Crippen LogP contribution in [-0.2, 0) is 20.9 Å². The highest BCUT2D eigenvalue weighted by Crippen LogP contribution is 2.21. The second kappa shape index (κ2) is 7.17. The Balaban J connectivity index is 2.30. The van der Waals surface area contributed by atoms with Crippen LogP contribution in [0.2, 0.25) is 0 Å². The minimum Gasteiger partial charge on any atom is -0.480 e. The van der Waals surface area contributed by atoms with Gasteiger partial charge in [0.15, 0.2) is 6.04 Å². The predicted molar refractivity (Wildman–Crippen MR) is 79.8 cm³/mol. The monoisotopic (exact) mass is 289 g/mol. The SMILES string of the molecule is COCC(C(=O)O)N(Cc1cccc2ccccc12)OC. The van der Waals surface area contributed by atoms with Gasteiger partial charge in [-0.2, -0.15) is 5.06 Å². The van der Waals surface area contributed by atoms with E-state index in [0.29, 0.717) is 6.54 Å². The lowest BCUT2D eigenvalue weighted by atomic mass is 10.0. The van der Waals surface area contributed by atoms with E-state index in [9.17, 15) is 9.90 Å². The van der Waals surface area contributed by atoms with Crippen LogP contribution in [0.15, 0.2) is 42.5 Å². The van der Waals surface area contributed by atoms with E-state index in [1.165, 1.54) is 19.3 Å². The molecule has 2 aromatic carbocycles. The first kappa shape index (κ1) is 15.4. The summed E-state index contributed by atoms with van der Waals surface area (Å²) in [5.41, 5.74) is 1.01. The quantitative estimate of drug-likeness (QED) is 0.793. The van der Waals surface area contributed by atoms with Crippen molar-refractivity contribution in [2.45, 2.75) is 12.6 Å². The molecule has 0 aliphatic heterocycles. The zero-order valence-corrected chi connectivity index (χ0v) is 12.2.